The molecule has 2 heterocycles. The average Bonchev–Trinajstić information content (AvgIpc) is 1.14. The van der Waals surface area contributed by atoms with Crippen LogP contribution in [-0.4, -0.2) is 64.6 Å². The number of aliphatic imine (C=N–C) groups is 1. The van der Waals surface area contributed by atoms with Crippen LogP contribution in [0.2, 0.25) is 0 Å². The predicted molar refractivity (Wildman–Crippen MR) is 388 cm³/mol. The molecule has 2 unspecified atom stereocenters. The van der Waals surface area contributed by atoms with Crippen LogP contribution in [0.3, 0.4) is 0 Å². The van der Waals surface area contributed by atoms with Crippen LogP contribution in [-0.2, 0) is 47.2 Å². The molecule has 1 aliphatic rings. The summed E-state index contributed by atoms with van der Waals surface area (Å²) in [5, 5.41) is 10.2. The van der Waals surface area contributed by atoms with E-state index >= 15 is 0 Å². The standard InChI is InChI=1S/C42H48N2O6S.C13H21N.2C4H8.C3H8.C3H6.C2H6O.3C2H6/c1-8-29-12-17-33(18-13-29)51-37(41(46)47-9-2)22-30-10-14-31(15-11-30)48-24-38-43-35-19-16-32(23-36(35)44(38)7)49-25-42(6)21-20-34-28(5)39(45)26(3)27(4)40(34)50-42;1-7-12(6)14-13(11(4)5)9-8-10(2)3;1-4(2)3;1-3-4-2;3*1-3-2;3*1-2/h10-19,23,37,45H,8-9,20-22,24-25H2,1-7H3;8-9H,2,7H2,1,3-6H3;1H2,2-3H3;3-4H,1-2H3;3H2,1-2H3;3H,1H2,2H3;1-2H3;3*1-2H3/b;9-8-,14-12?;;4-3-;;;;;;. The minimum Gasteiger partial charge on any atom is -0.507 e. The van der Waals surface area contributed by atoms with E-state index in [-0.39, 0.29) is 11.2 Å². The minimum absolute atomic E-state index is 0.206. The van der Waals surface area contributed by atoms with E-state index in [1.54, 1.807) is 20.3 Å². The van der Waals surface area contributed by atoms with Crippen molar-refractivity contribution in [2.75, 3.05) is 27.4 Å². The van der Waals surface area contributed by atoms with Crippen molar-refractivity contribution < 1.29 is 33.6 Å². The van der Waals surface area contributed by atoms with Gasteiger partial charge in [-0.1, -0.05) is 148 Å². The maximum atomic E-state index is 12.8. The lowest BCUT2D eigenvalue weighted by atomic mass is 9.87. The predicted octanol–water partition coefficient (Wildman–Crippen LogP) is 22.2. The molecule has 88 heavy (non-hydrogen) atoms. The van der Waals surface area contributed by atoms with E-state index in [1.807, 2.05) is 189 Å². The van der Waals surface area contributed by atoms with E-state index in [4.69, 9.17) is 23.9 Å². The molecule has 0 spiro atoms. The molecule has 0 saturated carbocycles. The number of ether oxygens (including phenoxy) is 5. The zero-order valence-electron chi connectivity index (χ0n) is 60.4. The van der Waals surface area contributed by atoms with Gasteiger partial charge in [-0.25, -0.2) is 4.98 Å². The number of esters is 1. The number of phenolic OH excluding ortho intramolecular Hbond substituents is 1. The van der Waals surface area contributed by atoms with E-state index in [2.05, 4.69) is 109 Å². The zero-order valence-corrected chi connectivity index (χ0v) is 61.3. The zero-order chi connectivity index (χ0) is 68.5. The number of phenols is 1. The Morgan fingerprint density at radius 2 is 1.31 bits per heavy atom. The Morgan fingerprint density at radius 1 is 0.795 bits per heavy atom. The van der Waals surface area contributed by atoms with Crippen LogP contribution in [0.5, 0.6) is 23.0 Å². The summed E-state index contributed by atoms with van der Waals surface area (Å²) in [6, 6.07) is 22.2. The highest BCUT2D eigenvalue weighted by molar-refractivity contribution is 8.00. The van der Waals surface area contributed by atoms with Crippen molar-refractivity contribution in [2.24, 2.45) is 12.0 Å². The van der Waals surface area contributed by atoms with Crippen LogP contribution >= 0.6 is 11.8 Å². The van der Waals surface area contributed by atoms with E-state index in [1.165, 1.54) is 34.9 Å². The lowest BCUT2D eigenvalue weighted by molar-refractivity contribution is -0.142. The van der Waals surface area contributed by atoms with Crippen molar-refractivity contribution in [1.29, 1.82) is 0 Å². The number of aromatic hydroxyl groups is 1. The number of allylic oxidation sites excluding steroid dienone is 8. The van der Waals surface area contributed by atoms with Gasteiger partial charge in [-0.15, -0.1) is 24.9 Å². The number of carbonyl (C=O) groups is 1. The third-order valence-electron chi connectivity index (χ3n) is 12.1. The number of methoxy groups -OCH3 is 1. The van der Waals surface area contributed by atoms with Crippen molar-refractivity contribution in [3.8, 4) is 23.0 Å². The summed E-state index contributed by atoms with van der Waals surface area (Å²) in [5.74, 6) is 3.29. The van der Waals surface area contributed by atoms with Gasteiger partial charge in [-0.2, -0.15) is 0 Å². The van der Waals surface area contributed by atoms with Crippen molar-refractivity contribution in [3.05, 3.63) is 178 Å². The van der Waals surface area contributed by atoms with E-state index in [0.29, 0.717) is 32.0 Å². The molecule has 2 atom stereocenters. The van der Waals surface area contributed by atoms with Crippen LogP contribution in [0.15, 0.2) is 149 Å². The summed E-state index contributed by atoms with van der Waals surface area (Å²) in [6.07, 6.45) is 15.2. The highest BCUT2D eigenvalue weighted by Crippen LogP contribution is 2.43. The van der Waals surface area contributed by atoms with Gasteiger partial charge in [0.05, 0.1) is 23.3 Å². The van der Waals surface area contributed by atoms with E-state index < -0.39 is 5.60 Å². The molecular weight excluding hydrogens is 1110 g/mol. The van der Waals surface area contributed by atoms with Crippen LogP contribution in [0.4, 0.5) is 0 Å². The SMILES string of the molecule is C/C=C\C.C=C(C)/C=C\C(N=C(C)CC)=C(C)C.C=C(C)C.C=CC.CC.CC.CC.CCC.CCOC(=O)C(Cc1ccc(OCc2nc3ccc(OCC4(C)CCc5c(C)c(O)c(C)c(C)c5O4)cc3n2C)cc1)Sc1ccc(CC)cc1.COC. The molecule has 0 bridgehead atoms. The minimum atomic E-state index is -0.497. The van der Waals surface area contributed by atoms with Crippen molar-refractivity contribution in [1.82, 2.24) is 9.55 Å². The second-order valence-electron chi connectivity index (χ2n) is 20.8. The molecule has 1 aliphatic heterocycles. The Hall–Kier alpha value is -6.56. The number of imidazole rings is 1. The summed E-state index contributed by atoms with van der Waals surface area (Å²) in [7, 11) is 5.23. The Balaban J connectivity index is -0.000000784. The number of aryl methyl sites for hydroxylation is 2. The second-order valence-corrected chi connectivity index (χ2v) is 22.0. The topological polar surface area (TPSA) is 114 Å². The first kappa shape index (κ1) is 87.9. The molecule has 1 N–H and O–H groups in total. The first-order chi connectivity index (χ1) is 41.8. The number of carbonyl (C=O) groups excluding carboxylic acids is 1. The molecule has 11 heteroatoms. The average molecular weight is 1230 g/mol. The summed E-state index contributed by atoms with van der Waals surface area (Å²) >= 11 is 1.54. The number of hydrogen-bond acceptors (Lipinski definition) is 10. The third-order valence-corrected chi connectivity index (χ3v) is 13.3. The van der Waals surface area contributed by atoms with Crippen LogP contribution < -0.4 is 14.2 Å². The molecule has 0 fully saturated rings. The Morgan fingerprint density at radius 3 is 1.77 bits per heavy atom. The van der Waals surface area contributed by atoms with E-state index in [9.17, 15) is 9.90 Å². The van der Waals surface area contributed by atoms with Crippen molar-refractivity contribution in [2.45, 2.75) is 227 Å². The van der Waals surface area contributed by atoms with Gasteiger partial charge in [0, 0.05) is 43.5 Å². The maximum absolute atomic E-state index is 12.8. The van der Waals surface area contributed by atoms with Gasteiger partial charge in [0.25, 0.3) is 0 Å². The highest BCUT2D eigenvalue weighted by atomic mass is 32.2. The summed E-state index contributed by atoms with van der Waals surface area (Å²) in [6.45, 7) is 60.1. The van der Waals surface area contributed by atoms with Crippen LogP contribution in [0.25, 0.3) is 11.0 Å². The first-order valence-electron chi connectivity index (χ1n) is 31.8. The number of fused-ring (bicyclic) bond motifs is 2. The fraction of sp³-hybridized carbons (Fsp3) is 0.494. The van der Waals surface area contributed by atoms with E-state index in [0.717, 1.165) is 109 Å². The molecule has 5 aromatic rings. The monoisotopic (exact) mass is 1230 g/mol. The largest absolute Gasteiger partial charge is 0.507 e. The Kier molecular flexibility index (Phi) is 52.3. The summed E-state index contributed by atoms with van der Waals surface area (Å²) in [4.78, 5) is 23.2. The number of benzene rings is 4. The van der Waals surface area contributed by atoms with Gasteiger partial charge < -0.3 is 33.4 Å². The Labute approximate surface area is 542 Å². The molecule has 1 aromatic heterocycles. The number of hydrogen-bond donors (Lipinski definition) is 1. The lowest BCUT2D eigenvalue weighted by Crippen LogP contribution is -2.42. The number of rotatable bonds is 17. The molecule has 0 radical (unpaired) electrons. The van der Waals surface area contributed by atoms with Gasteiger partial charge in [0.15, 0.2) is 0 Å². The molecule has 0 aliphatic carbocycles. The van der Waals surface area contributed by atoms with Crippen LogP contribution in [0.1, 0.15) is 204 Å². The first-order valence-corrected chi connectivity index (χ1v) is 32.7. The number of nitrogens with zero attached hydrogens (tertiary/aromatic N) is 3. The van der Waals surface area contributed by atoms with Crippen molar-refractivity contribution >= 4 is 34.5 Å². The van der Waals surface area contributed by atoms with Gasteiger partial charge >= 0.3 is 5.97 Å². The second kappa shape index (κ2) is 52.4. The highest BCUT2D eigenvalue weighted by Gasteiger charge is 2.35. The van der Waals surface area contributed by atoms with Crippen molar-refractivity contribution in [3.63, 3.8) is 0 Å². The molecule has 6 rings (SSSR count). The molecule has 0 amide bonds. The summed E-state index contributed by atoms with van der Waals surface area (Å²) in [5.41, 5.74) is 13.1. The molecule has 494 valence electrons. The number of aromatic nitrogens is 2. The quantitative estimate of drug-likeness (QED) is 0.0320. The van der Waals surface area contributed by atoms with Gasteiger partial charge in [-0.3, -0.25) is 9.79 Å². The maximum Gasteiger partial charge on any atom is 0.319 e. The molecule has 10 nitrogen and oxygen atoms in total. The van der Waals surface area contributed by atoms with Crippen LogP contribution in [0, 0.1) is 20.8 Å². The Bertz CT molecular complexity index is 2820. The lowest BCUT2D eigenvalue weighted by Gasteiger charge is -2.37. The number of thioether (sulfide) groups is 1. The molecule has 4 aromatic carbocycles. The summed E-state index contributed by atoms with van der Waals surface area (Å²) < 4.78 is 30.7. The van der Waals surface area contributed by atoms with Gasteiger partial charge in [0.2, 0.25) is 0 Å². The van der Waals surface area contributed by atoms with Gasteiger partial charge in [-0.05, 0) is 199 Å². The van der Waals surface area contributed by atoms with Gasteiger partial charge in [0.1, 0.15) is 52.9 Å². The smallest absolute Gasteiger partial charge is 0.319 e. The molecule has 0 saturated heterocycles. The molecular formula is C77H123N3O7S. The third kappa shape index (κ3) is 35.4. The fourth-order valence-electron chi connectivity index (χ4n) is 7.35. The normalized spacial score (nSPS) is 12.6. The fourth-order valence-corrected chi connectivity index (χ4v) is 8.41.